The Bertz CT molecular complexity index is 348. The van der Waals surface area contributed by atoms with E-state index in [0.29, 0.717) is 18.3 Å². The molecule has 0 unspecified atom stereocenters. The molecule has 1 aliphatic rings. The number of piperidine rings is 1. The number of hydrogen-bond donors (Lipinski definition) is 1. The maximum Gasteiger partial charge on any atom is 0.165 e. The summed E-state index contributed by atoms with van der Waals surface area (Å²) in [5, 5.41) is 3.30. The van der Waals surface area contributed by atoms with Crippen molar-refractivity contribution in [3.05, 3.63) is 29.6 Å². The van der Waals surface area contributed by atoms with Gasteiger partial charge in [-0.1, -0.05) is 6.07 Å². The van der Waals surface area contributed by atoms with Crippen LogP contribution in [0.4, 0.5) is 4.39 Å². The van der Waals surface area contributed by atoms with Gasteiger partial charge in [-0.15, -0.1) is 0 Å². The summed E-state index contributed by atoms with van der Waals surface area (Å²) in [6, 6.07) is 5.10. The smallest absolute Gasteiger partial charge is 0.165 e. The van der Waals surface area contributed by atoms with Crippen LogP contribution in [0.15, 0.2) is 18.2 Å². The van der Waals surface area contributed by atoms with Crippen LogP contribution in [0, 0.1) is 18.7 Å². The summed E-state index contributed by atoms with van der Waals surface area (Å²) in [6.45, 7) is 4.59. The highest BCUT2D eigenvalue weighted by atomic mass is 19.1. The van der Waals surface area contributed by atoms with Crippen LogP contribution in [0.5, 0.6) is 5.75 Å². The highest BCUT2D eigenvalue weighted by Gasteiger charge is 2.14. The van der Waals surface area contributed by atoms with Crippen LogP contribution < -0.4 is 10.1 Å². The van der Waals surface area contributed by atoms with E-state index in [4.69, 9.17) is 4.74 Å². The number of halogens is 1. The molecule has 3 heteroatoms. The van der Waals surface area contributed by atoms with Gasteiger partial charge in [-0.2, -0.15) is 0 Å². The van der Waals surface area contributed by atoms with E-state index in [9.17, 15) is 4.39 Å². The molecule has 1 aromatic carbocycles. The highest BCUT2D eigenvalue weighted by Crippen LogP contribution is 2.20. The van der Waals surface area contributed by atoms with Gasteiger partial charge in [0.2, 0.25) is 0 Å². The average Bonchev–Trinajstić information content (AvgIpc) is 2.29. The second-order valence-electron chi connectivity index (χ2n) is 4.44. The summed E-state index contributed by atoms with van der Waals surface area (Å²) >= 11 is 0. The second-order valence-corrected chi connectivity index (χ2v) is 4.44. The van der Waals surface area contributed by atoms with Crippen molar-refractivity contribution in [3.63, 3.8) is 0 Å². The van der Waals surface area contributed by atoms with E-state index >= 15 is 0 Å². The molecule has 1 saturated heterocycles. The number of ether oxygens (including phenoxy) is 1. The van der Waals surface area contributed by atoms with Gasteiger partial charge in [0.15, 0.2) is 11.6 Å². The third kappa shape index (κ3) is 2.95. The maximum absolute atomic E-state index is 13.5. The molecule has 1 heterocycles. The molecular formula is C13H18FNO. The van der Waals surface area contributed by atoms with Crippen molar-refractivity contribution in [2.45, 2.75) is 19.8 Å². The SMILES string of the molecule is Cc1ccc(OCC2CCNCC2)c(F)c1. The van der Waals surface area contributed by atoms with E-state index in [1.165, 1.54) is 6.07 Å². The van der Waals surface area contributed by atoms with Crippen molar-refractivity contribution in [2.24, 2.45) is 5.92 Å². The van der Waals surface area contributed by atoms with E-state index in [2.05, 4.69) is 5.32 Å². The fourth-order valence-corrected chi connectivity index (χ4v) is 1.98. The summed E-state index contributed by atoms with van der Waals surface area (Å²) in [7, 11) is 0. The number of benzene rings is 1. The predicted molar refractivity (Wildman–Crippen MR) is 62.2 cm³/mol. The molecular weight excluding hydrogens is 205 g/mol. The number of hydrogen-bond acceptors (Lipinski definition) is 2. The Labute approximate surface area is 95.8 Å². The van der Waals surface area contributed by atoms with Gasteiger partial charge in [-0.05, 0) is 56.5 Å². The lowest BCUT2D eigenvalue weighted by atomic mass is 9.99. The van der Waals surface area contributed by atoms with Gasteiger partial charge < -0.3 is 10.1 Å². The van der Waals surface area contributed by atoms with Crippen molar-refractivity contribution in [2.75, 3.05) is 19.7 Å². The van der Waals surface area contributed by atoms with Crippen molar-refractivity contribution in [3.8, 4) is 5.75 Å². The van der Waals surface area contributed by atoms with Gasteiger partial charge in [-0.25, -0.2) is 4.39 Å². The molecule has 0 radical (unpaired) electrons. The molecule has 0 bridgehead atoms. The molecule has 0 aliphatic carbocycles. The lowest BCUT2D eigenvalue weighted by molar-refractivity contribution is 0.208. The van der Waals surface area contributed by atoms with E-state index in [1.54, 1.807) is 6.07 Å². The van der Waals surface area contributed by atoms with E-state index in [0.717, 1.165) is 31.5 Å². The largest absolute Gasteiger partial charge is 0.490 e. The minimum atomic E-state index is -0.256. The second kappa shape index (κ2) is 5.30. The van der Waals surface area contributed by atoms with Gasteiger partial charge in [0.25, 0.3) is 0 Å². The fraction of sp³-hybridized carbons (Fsp3) is 0.538. The molecule has 2 rings (SSSR count). The molecule has 2 nitrogen and oxygen atoms in total. The molecule has 0 amide bonds. The Hall–Kier alpha value is -1.09. The number of aryl methyl sites for hydroxylation is 1. The molecule has 1 N–H and O–H groups in total. The van der Waals surface area contributed by atoms with Crippen LogP contribution in [0.2, 0.25) is 0 Å². The van der Waals surface area contributed by atoms with Crippen molar-refractivity contribution < 1.29 is 9.13 Å². The molecule has 16 heavy (non-hydrogen) atoms. The normalized spacial score (nSPS) is 17.4. The topological polar surface area (TPSA) is 21.3 Å². The van der Waals surface area contributed by atoms with Gasteiger partial charge in [0.1, 0.15) is 0 Å². The first-order valence-corrected chi connectivity index (χ1v) is 5.85. The van der Waals surface area contributed by atoms with Crippen LogP contribution in [0.25, 0.3) is 0 Å². The van der Waals surface area contributed by atoms with Crippen molar-refractivity contribution in [1.82, 2.24) is 5.32 Å². The van der Waals surface area contributed by atoms with Crippen LogP contribution in [-0.2, 0) is 0 Å². The molecule has 0 atom stereocenters. The molecule has 0 spiro atoms. The van der Waals surface area contributed by atoms with Gasteiger partial charge >= 0.3 is 0 Å². The molecule has 0 aromatic heterocycles. The third-order valence-electron chi connectivity index (χ3n) is 3.02. The lowest BCUT2D eigenvalue weighted by Crippen LogP contribution is -2.30. The Morgan fingerprint density at radius 1 is 1.38 bits per heavy atom. The standard InChI is InChI=1S/C13H18FNO/c1-10-2-3-13(12(14)8-10)16-9-11-4-6-15-7-5-11/h2-3,8,11,15H,4-7,9H2,1H3. The highest BCUT2D eigenvalue weighted by molar-refractivity contribution is 5.28. The van der Waals surface area contributed by atoms with Crippen LogP contribution >= 0.6 is 0 Å². The minimum absolute atomic E-state index is 0.256. The zero-order valence-electron chi connectivity index (χ0n) is 9.63. The lowest BCUT2D eigenvalue weighted by Gasteiger charge is -2.22. The van der Waals surface area contributed by atoms with Crippen LogP contribution in [-0.4, -0.2) is 19.7 Å². The van der Waals surface area contributed by atoms with Crippen molar-refractivity contribution >= 4 is 0 Å². The first kappa shape index (κ1) is 11.4. The summed E-state index contributed by atoms with van der Waals surface area (Å²) < 4.78 is 19.0. The minimum Gasteiger partial charge on any atom is -0.490 e. The van der Waals surface area contributed by atoms with Crippen LogP contribution in [0.1, 0.15) is 18.4 Å². The Kier molecular flexibility index (Phi) is 3.78. The predicted octanol–water partition coefficient (Wildman–Crippen LogP) is 2.51. The van der Waals surface area contributed by atoms with E-state index < -0.39 is 0 Å². The Balaban J connectivity index is 1.88. The quantitative estimate of drug-likeness (QED) is 0.850. The summed E-state index contributed by atoms with van der Waals surface area (Å²) in [6.07, 6.45) is 2.24. The summed E-state index contributed by atoms with van der Waals surface area (Å²) in [5.74, 6) is 0.681. The Morgan fingerprint density at radius 3 is 2.81 bits per heavy atom. The van der Waals surface area contributed by atoms with Crippen molar-refractivity contribution in [1.29, 1.82) is 0 Å². The average molecular weight is 223 g/mol. The molecule has 0 saturated carbocycles. The Morgan fingerprint density at radius 2 is 2.12 bits per heavy atom. The summed E-state index contributed by atoms with van der Waals surface area (Å²) in [4.78, 5) is 0. The fourth-order valence-electron chi connectivity index (χ4n) is 1.98. The molecule has 88 valence electrons. The van der Waals surface area contributed by atoms with Gasteiger partial charge in [-0.3, -0.25) is 0 Å². The monoisotopic (exact) mass is 223 g/mol. The summed E-state index contributed by atoms with van der Waals surface area (Å²) in [5.41, 5.74) is 0.923. The third-order valence-corrected chi connectivity index (χ3v) is 3.02. The zero-order chi connectivity index (χ0) is 11.4. The number of nitrogens with one attached hydrogen (secondary N) is 1. The number of rotatable bonds is 3. The molecule has 1 fully saturated rings. The van der Waals surface area contributed by atoms with E-state index in [-0.39, 0.29) is 5.82 Å². The first-order valence-electron chi connectivity index (χ1n) is 5.85. The van der Waals surface area contributed by atoms with Gasteiger partial charge in [0.05, 0.1) is 6.61 Å². The van der Waals surface area contributed by atoms with E-state index in [1.807, 2.05) is 13.0 Å². The first-order chi connectivity index (χ1) is 7.75. The molecule has 1 aromatic rings. The maximum atomic E-state index is 13.5. The van der Waals surface area contributed by atoms with Crippen LogP contribution in [0.3, 0.4) is 0 Å². The molecule has 1 aliphatic heterocycles. The van der Waals surface area contributed by atoms with Gasteiger partial charge in [0, 0.05) is 0 Å². The zero-order valence-corrected chi connectivity index (χ0v) is 9.63.